The van der Waals surface area contributed by atoms with Crippen molar-refractivity contribution >= 4 is 11.7 Å². The molecule has 2 aromatic heterocycles. The van der Waals surface area contributed by atoms with E-state index in [1.165, 1.54) is 6.33 Å². The van der Waals surface area contributed by atoms with Crippen LogP contribution in [0.4, 0.5) is 5.82 Å². The summed E-state index contributed by atoms with van der Waals surface area (Å²) in [5.74, 6) is 1.69. The Morgan fingerprint density at radius 2 is 2.00 bits per heavy atom. The lowest BCUT2D eigenvalue weighted by atomic mass is 10.0. The summed E-state index contributed by atoms with van der Waals surface area (Å²) in [6.45, 7) is 6.37. The van der Waals surface area contributed by atoms with Crippen molar-refractivity contribution in [2.24, 2.45) is 0 Å². The maximum absolute atomic E-state index is 12.2. The Kier molecular flexibility index (Phi) is 3.45. The Morgan fingerprint density at radius 3 is 2.71 bits per heavy atom. The molecular formula is C15H18N4O2. The number of fused-ring (bicyclic) bond motifs is 1. The Balaban J connectivity index is 1.86. The highest BCUT2D eigenvalue weighted by molar-refractivity contribution is 5.95. The molecule has 110 valence electrons. The minimum atomic E-state index is 0.118. The molecule has 0 bridgehead atoms. The molecular weight excluding hydrogens is 268 g/mol. The van der Waals surface area contributed by atoms with Crippen molar-refractivity contribution in [3.8, 4) is 0 Å². The van der Waals surface area contributed by atoms with Gasteiger partial charge in [0.2, 0.25) is 5.91 Å². The molecule has 0 atom stereocenters. The molecule has 6 nitrogen and oxygen atoms in total. The normalized spacial score (nSPS) is 14.4. The van der Waals surface area contributed by atoms with Crippen LogP contribution in [0.1, 0.15) is 34.7 Å². The average molecular weight is 286 g/mol. The molecule has 0 unspecified atom stereocenters. The van der Waals surface area contributed by atoms with Gasteiger partial charge in [-0.3, -0.25) is 9.69 Å². The van der Waals surface area contributed by atoms with Gasteiger partial charge in [0, 0.05) is 29.8 Å². The first-order valence-electron chi connectivity index (χ1n) is 7.10. The van der Waals surface area contributed by atoms with E-state index in [-0.39, 0.29) is 5.91 Å². The summed E-state index contributed by atoms with van der Waals surface area (Å²) in [6.07, 6.45) is 3.48. The summed E-state index contributed by atoms with van der Waals surface area (Å²) in [6, 6.07) is 0. The van der Waals surface area contributed by atoms with Crippen LogP contribution in [0.5, 0.6) is 0 Å². The van der Waals surface area contributed by atoms with E-state index in [4.69, 9.17) is 4.52 Å². The minimum Gasteiger partial charge on any atom is -0.361 e. The predicted octanol–water partition coefficient (Wildman–Crippen LogP) is 1.91. The molecule has 1 aliphatic rings. The van der Waals surface area contributed by atoms with Gasteiger partial charge in [-0.05, 0) is 33.6 Å². The quantitative estimate of drug-likeness (QED) is 0.862. The van der Waals surface area contributed by atoms with Crippen molar-refractivity contribution < 1.29 is 9.32 Å². The largest absolute Gasteiger partial charge is 0.361 e. The molecule has 1 amide bonds. The zero-order valence-electron chi connectivity index (χ0n) is 12.5. The summed E-state index contributed by atoms with van der Waals surface area (Å²) in [5, 5.41) is 3.95. The van der Waals surface area contributed by atoms with Crippen LogP contribution in [0.2, 0.25) is 0 Å². The smallest absolute Gasteiger partial charge is 0.228 e. The monoisotopic (exact) mass is 286 g/mol. The first kappa shape index (κ1) is 13.7. The molecule has 0 N–H and O–H groups in total. The fourth-order valence-corrected chi connectivity index (χ4v) is 2.81. The van der Waals surface area contributed by atoms with Crippen molar-refractivity contribution in [3.63, 3.8) is 0 Å². The number of carbonyl (C=O) groups excluding carboxylic acids is 1. The molecule has 0 fully saturated rings. The Hall–Kier alpha value is -2.24. The number of hydrogen-bond acceptors (Lipinski definition) is 5. The number of aromatic nitrogens is 3. The van der Waals surface area contributed by atoms with E-state index in [1.807, 2.05) is 20.8 Å². The van der Waals surface area contributed by atoms with E-state index >= 15 is 0 Å². The van der Waals surface area contributed by atoms with Crippen LogP contribution in [0.25, 0.3) is 0 Å². The maximum atomic E-state index is 12.2. The second-order valence-corrected chi connectivity index (χ2v) is 5.36. The molecule has 0 aromatic carbocycles. The summed E-state index contributed by atoms with van der Waals surface area (Å²) in [5.41, 5.74) is 3.99. The van der Waals surface area contributed by atoms with Gasteiger partial charge in [-0.2, -0.15) is 0 Å². The third kappa shape index (κ3) is 2.41. The highest BCUT2D eigenvalue weighted by atomic mass is 16.5. The molecule has 21 heavy (non-hydrogen) atoms. The van der Waals surface area contributed by atoms with Gasteiger partial charge in [0.15, 0.2) is 0 Å². The third-order valence-corrected chi connectivity index (χ3v) is 4.05. The van der Waals surface area contributed by atoms with Gasteiger partial charge in [0.1, 0.15) is 17.9 Å². The number of hydrogen-bond donors (Lipinski definition) is 0. The predicted molar refractivity (Wildman–Crippen MR) is 77.1 cm³/mol. The second kappa shape index (κ2) is 5.27. The van der Waals surface area contributed by atoms with Crippen molar-refractivity contribution in [3.05, 3.63) is 34.6 Å². The Labute approximate surface area is 123 Å². The fraction of sp³-hybridized carbons (Fsp3) is 0.467. The van der Waals surface area contributed by atoms with Crippen LogP contribution in [0.3, 0.4) is 0 Å². The average Bonchev–Trinajstić information content (AvgIpc) is 2.78. The molecule has 1 aliphatic heterocycles. The lowest BCUT2D eigenvalue weighted by molar-refractivity contribution is -0.118. The zero-order valence-corrected chi connectivity index (χ0v) is 12.5. The van der Waals surface area contributed by atoms with Crippen LogP contribution < -0.4 is 4.90 Å². The number of anilines is 1. The van der Waals surface area contributed by atoms with E-state index in [2.05, 4.69) is 15.1 Å². The second-order valence-electron chi connectivity index (χ2n) is 5.36. The van der Waals surface area contributed by atoms with Gasteiger partial charge in [-0.15, -0.1) is 0 Å². The molecule has 6 heteroatoms. The summed E-state index contributed by atoms with van der Waals surface area (Å²) >= 11 is 0. The molecule has 3 heterocycles. The SMILES string of the molecule is Cc1ncnc2c1CCC(=O)N2CCc1c(C)noc1C. The van der Waals surface area contributed by atoms with E-state index in [0.717, 1.165) is 46.9 Å². The highest BCUT2D eigenvalue weighted by Gasteiger charge is 2.27. The zero-order chi connectivity index (χ0) is 15.0. The minimum absolute atomic E-state index is 0.118. The first-order chi connectivity index (χ1) is 10.1. The molecule has 0 saturated heterocycles. The number of aryl methyl sites for hydroxylation is 3. The number of rotatable bonds is 3. The molecule has 0 spiro atoms. The lowest BCUT2D eigenvalue weighted by Crippen LogP contribution is -2.38. The van der Waals surface area contributed by atoms with Crippen LogP contribution >= 0.6 is 0 Å². The van der Waals surface area contributed by atoms with Gasteiger partial charge in [0.25, 0.3) is 0 Å². The van der Waals surface area contributed by atoms with E-state index in [0.29, 0.717) is 13.0 Å². The molecule has 0 saturated carbocycles. The molecule has 0 radical (unpaired) electrons. The molecule has 2 aromatic rings. The van der Waals surface area contributed by atoms with Crippen LogP contribution in [-0.2, 0) is 17.6 Å². The van der Waals surface area contributed by atoms with E-state index < -0.39 is 0 Å². The van der Waals surface area contributed by atoms with Gasteiger partial charge in [0.05, 0.1) is 5.69 Å². The Bertz CT molecular complexity index is 673. The number of carbonyl (C=O) groups is 1. The maximum Gasteiger partial charge on any atom is 0.228 e. The summed E-state index contributed by atoms with van der Waals surface area (Å²) in [7, 11) is 0. The number of amides is 1. The van der Waals surface area contributed by atoms with Crippen LogP contribution in [-0.4, -0.2) is 27.6 Å². The van der Waals surface area contributed by atoms with Crippen LogP contribution in [0, 0.1) is 20.8 Å². The van der Waals surface area contributed by atoms with Crippen molar-refractivity contribution in [2.45, 2.75) is 40.0 Å². The number of nitrogens with zero attached hydrogens (tertiary/aromatic N) is 4. The summed E-state index contributed by atoms with van der Waals surface area (Å²) < 4.78 is 5.17. The molecule has 0 aliphatic carbocycles. The van der Waals surface area contributed by atoms with Gasteiger partial charge >= 0.3 is 0 Å². The van der Waals surface area contributed by atoms with Gasteiger partial charge < -0.3 is 4.52 Å². The van der Waals surface area contributed by atoms with E-state index in [9.17, 15) is 4.79 Å². The Morgan fingerprint density at radius 1 is 1.19 bits per heavy atom. The van der Waals surface area contributed by atoms with Crippen molar-refractivity contribution in [2.75, 3.05) is 11.4 Å². The topological polar surface area (TPSA) is 72.1 Å². The van der Waals surface area contributed by atoms with Gasteiger partial charge in [-0.25, -0.2) is 9.97 Å². The van der Waals surface area contributed by atoms with Crippen LogP contribution in [0.15, 0.2) is 10.9 Å². The highest BCUT2D eigenvalue weighted by Crippen LogP contribution is 2.27. The summed E-state index contributed by atoms with van der Waals surface area (Å²) in [4.78, 5) is 22.5. The standard InChI is InChI=1S/C15H18N4O2/c1-9-13-4-5-14(20)19(15(13)17-8-16-9)7-6-12-10(2)18-21-11(12)3/h8H,4-7H2,1-3H3. The van der Waals surface area contributed by atoms with Crippen molar-refractivity contribution in [1.82, 2.24) is 15.1 Å². The first-order valence-corrected chi connectivity index (χ1v) is 7.10. The fourth-order valence-electron chi connectivity index (χ4n) is 2.81. The van der Waals surface area contributed by atoms with E-state index in [1.54, 1.807) is 4.90 Å². The van der Waals surface area contributed by atoms with Crippen molar-refractivity contribution in [1.29, 1.82) is 0 Å². The lowest BCUT2D eigenvalue weighted by Gasteiger charge is -2.28. The molecule has 3 rings (SSSR count). The third-order valence-electron chi connectivity index (χ3n) is 4.05. The van der Waals surface area contributed by atoms with Gasteiger partial charge in [-0.1, -0.05) is 5.16 Å².